The highest BCUT2D eigenvalue weighted by atomic mass is 32.1. The number of pyridine rings is 1. The molecule has 2 heterocycles. The van der Waals surface area contributed by atoms with Crippen LogP contribution in [0, 0.1) is 0 Å². The first-order valence-electron chi connectivity index (χ1n) is 6.00. The van der Waals surface area contributed by atoms with Gasteiger partial charge < -0.3 is 4.57 Å². The molecule has 2 aromatic heterocycles. The fraction of sp³-hybridized carbons (Fsp3) is 0.0625. The first-order chi connectivity index (χ1) is 9.18. The van der Waals surface area contributed by atoms with Crippen molar-refractivity contribution in [2.24, 2.45) is 7.05 Å². The number of aromatic nitrogens is 1. The number of thiophene rings is 1. The molecular weight excluding hydrogens is 254 g/mol. The Balaban J connectivity index is 2.27. The maximum Gasteiger partial charge on any atom is 0.259 e. The van der Waals surface area contributed by atoms with Crippen LogP contribution in [-0.2, 0) is 7.05 Å². The van der Waals surface area contributed by atoms with Crippen LogP contribution in [0.3, 0.4) is 0 Å². The average Bonchev–Trinajstić information content (AvgIpc) is 2.93. The smallest absolute Gasteiger partial charge is 0.259 e. The Kier molecular flexibility index (Phi) is 2.84. The van der Waals surface area contributed by atoms with Gasteiger partial charge in [-0.2, -0.15) is 0 Å². The van der Waals surface area contributed by atoms with Gasteiger partial charge in [0.05, 0.1) is 5.39 Å². The van der Waals surface area contributed by atoms with Gasteiger partial charge in [-0.25, -0.2) is 0 Å². The maximum atomic E-state index is 12.0. The largest absolute Gasteiger partial charge is 0.317 e. The third kappa shape index (κ3) is 1.92. The minimum atomic E-state index is 0.0425. The Hall–Kier alpha value is -2.13. The summed E-state index contributed by atoms with van der Waals surface area (Å²) in [7, 11) is 1.78. The summed E-state index contributed by atoms with van der Waals surface area (Å²) in [5.74, 6) is 0. The predicted molar refractivity (Wildman–Crippen MR) is 81.6 cm³/mol. The molecule has 0 aliphatic rings. The van der Waals surface area contributed by atoms with Gasteiger partial charge in [-0.15, -0.1) is 11.3 Å². The highest BCUT2D eigenvalue weighted by Gasteiger charge is 2.11. The monoisotopic (exact) mass is 267 g/mol. The van der Waals surface area contributed by atoms with Crippen LogP contribution in [0.5, 0.6) is 0 Å². The number of hydrogen-bond donors (Lipinski definition) is 0. The molecule has 0 amide bonds. The molecule has 2 nitrogen and oxygen atoms in total. The van der Waals surface area contributed by atoms with Gasteiger partial charge in [0.1, 0.15) is 0 Å². The van der Waals surface area contributed by atoms with E-state index in [0.717, 1.165) is 26.8 Å². The molecule has 94 valence electrons. The van der Waals surface area contributed by atoms with Gasteiger partial charge in [-0.05, 0) is 22.6 Å². The van der Waals surface area contributed by atoms with Crippen LogP contribution < -0.4 is 5.56 Å². The molecule has 0 N–H and O–H groups in total. The van der Waals surface area contributed by atoms with E-state index >= 15 is 0 Å². The van der Waals surface area contributed by atoms with E-state index in [4.69, 9.17) is 0 Å². The highest BCUT2D eigenvalue weighted by molar-refractivity contribution is 7.17. The SMILES string of the molecule is C=C(c1ccccc1)c1cn(C)c(=O)c2ccsc12. The normalized spacial score (nSPS) is 10.8. The number of fused-ring (bicyclic) bond motifs is 1. The molecule has 0 radical (unpaired) electrons. The quantitative estimate of drug-likeness (QED) is 0.694. The lowest BCUT2D eigenvalue weighted by Crippen LogP contribution is -2.16. The van der Waals surface area contributed by atoms with Crippen molar-refractivity contribution < 1.29 is 0 Å². The summed E-state index contributed by atoms with van der Waals surface area (Å²) in [4.78, 5) is 12.0. The van der Waals surface area contributed by atoms with E-state index in [9.17, 15) is 4.79 Å². The van der Waals surface area contributed by atoms with Crippen molar-refractivity contribution in [2.75, 3.05) is 0 Å². The highest BCUT2D eigenvalue weighted by Crippen LogP contribution is 2.30. The second-order valence-corrected chi connectivity index (χ2v) is 5.38. The zero-order valence-corrected chi connectivity index (χ0v) is 11.4. The molecule has 0 bridgehead atoms. The fourth-order valence-corrected chi connectivity index (χ4v) is 3.12. The average molecular weight is 267 g/mol. The number of nitrogens with zero attached hydrogens (tertiary/aromatic N) is 1. The molecule has 0 saturated heterocycles. The summed E-state index contributed by atoms with van der Waals surface area (Å²) in [5.41, 5.74) is 3.10. The van der Waals surface area contributed by atoms with Gasteiger partial charge in [-0.1, -0.05) is 36.9 Å². The Morgan fingerprint density at radius 3 is 2.68 bits per heavy atom. The van der Waals surface area contributed by atoms with Gasteiger partial charge in [0, 0.05) is 23.5 Å². The molecule has 3 rings (SSSR count). The molecule has 0 aliphatic carbocycles. The molecule has 0 aliphatic heterocycles. The lowest BCUT2D eigenvalue weighted by atomic mass is 10.0. The van der Waals surface area contributed by atoms with Crippen LogP contribution in [-0.4, -0.2) is 4.57 Å². The van der Waals surface area contributed by atoms with Crippen LogP contribution in [0.4, 0.5) is 0 Å². The van der Waals surface area contributed by atoms with Crippen molar-refractivity contribution in [3.8, 4) is 0 Å². The van der Waals surface area contributed by atoms with Crippen molar-refractivity contribution in [1.29, 1.82) is 0 Å². The summed E-state index contributed by atoms with van der Waals surface area (Å²) in [6.45, 7) is 4.19. The van der Waals surface area contributed by atoms with E-state index in [-0.39, 0.29) is 5.56 Å². The predicted octanol–water partition coefficient (Wildman–Crippen LogP) is 3.66. The van der Waals surface area contributed by atoms with E-state index in [0.29, 0.717) is 0 Å². The number of rotatable bonds is 2. The van der Waals surface area contributed by atoms with Gasteiger partial charge >= 0.3 is 0 Å². The zero-order chi connectivity index (χ0) is 13.4. The summed E-state index contributed by atoms with van der Waals surface area (Å²) >= 11 is 1.59. The third-order valence-corrected chi connectivity index (χ3v) is 4.18. The van der Waals surface area contributed by atoms with E-state index in [1.54, 1.807) is 23.0 Å². The van der Waals surface area contributed by atoms with Gasteiger partial charge in [-0.3, -0.25) is 4.79 Å². The van der Waals surface area contributed by atoms with Crippen LogP contribution in [0.2, 0.25) is 0 Å². The Bertz CT molecular complexity index is 812. The molecular formula is C16H13NOS. The maximum absolute atomic E-state index is 12.0. The summed E-state index contributed by atoms with van der Waals surface area (Å²) in [6.07, 6.45) is 1.87. The van der Waals surface area contributed by atoms with Crippen molar-refractivity contribution in [1.82, 2.24) is 4.57 Å². The topological polar surface area (TPSA) is 22.0 Å². The van der Waals surface area contributed by atoms with E-state index in [1.807, 2.05) is 48.0 Å². The minimum absolute atomic E-state index is 0.0425. The standard InChI is InChI=1S/C16H13NOS/c1-11(12-6-4-3-5-7-12)14-10-17(2)16(18)13-8-9-19-15(13)14/h3-10H,1H2,2H3. The van der Waals surface area contributed by atoms with Crippen molar-refractivity contribution in [3.63, 3.8) is 0 Å². The van der Waals surface area contributed by atoms with Gasteiger partial charge in [0.25, 0.3) is 5.56 Å². The van der Waals surface area contributed by atoms with E-state index in [2.05, 4.69) is 6.58 Å². The molecule has 0 atom stereocenters. The molecule has 0 unspecified atom stereocenters. The number of aryl methyl sites for hydroxylation is 1. The Morgan fingerprint density at radius 2 is 1.95 bits per heavy atom. The first kappa shape index (κ1) is 11.9. The first-order valence-corrected chi connectivity index (χ1v) is 6.88. The Morgan fingerprint density at radius 1 is 1.21 bits per heavy atom. The fourth-order valence-electron chi connectivity index (χ4n) is 2.20. The van der Waals surface area contributed by atoms with Crippen LogP contribution in [0.25, 0.3) is 15.7 Å². The second-order valence-electron chi connectivity index (χ2n) is 4.47. The molecule has 3 aromatic rings. The number of hydrogen-bond acceptors (Lipinski definition) is 2. The lowest BCUT2D eigenvalue weighted by Gasteiger charge is -2.09. The molecule has 0 spiro atoms. The second kappa shape index (κ2) is 4.52. The van der Waals surface area contributed by atoms with Crippen molar-refractivity contribution in [3.05, 3.63) is 76.0 Å². The van der Waals surface area contributed by atoms with Gasteiger partial charge in [0.15, 0.2) is 0 Å². The summed E-state index contributed by atoms with van der Waals surface area (Å²) < 4.78 is 2.63. The third-order valence-electron chi connectivity index (χ3n) is 3.23. The molecule has 19 heavy (non-hydrogen) atoms. The van der Waals surface area contributed by atoms with Crippen LogP contribution in [0.1, 0.15) is 11.1 Å². The van der Waals surface area contributed by atoms with E-state index < -0.39 is 0 Å². The van der Waals surface area contributed by atoms with E-state index in [1.165, 1.54) is 0 Å². The molecule has 0 saturated carbocycles. The Labute approximate surface area is 115 Å². The molecule has 0 fully saturated rings. The zero-order valence-electron chi connectivity index (χ0n) is 10.6. The molecule has 1 aromatic carbocycles. The molecule has 3 heteroatoms. The summed E-state index contributed by atoms with van der Waals surface area (Å²) in [6, 6.07) is 11.9. The van der Waals surface area contributed by atoms with Crippen molar-refractivity contribution >= 4 is 27.0 Å². The van der Waals surface area contributed by atoms with Crippen molar-refractivity contribution in [2.45, 2.75) is 0 Å². The lowest BCUT2D eigenvalue weighted by molar-refractivity contribution is 0.871. The van der Waals surface area contributed by atoms with Crippen LogP contribution >= 0.6 is 11.3 Å². The minimum Gasteiger partial charge on any atom is -0.317 e. The summed E-state index contributed by atoms with van der Waals surface area (Å²) in [5, 5.41) is 2.72. The number of benzene rings is 1. The van der Waals surface area contributed by atoms with Gasteiger partial charge in [0.2, 0.25) is 0 Å². The van der Waals surface area contributed by atoms with Crippen LogP contribution in [0.15, 0.2) is 59.3 Å².